The predicted molar refractivity (Wildman–Crippen MR) is 90.4 cm³/mol. The Morgan fingerprint density at radius 3 is 2.50 bits per heavy atom. The Bertz CT molecular complexity index is 426. The minimum Gasteiger partial charge on any atom is -0.492 e. The summed E-state index contributed by atoms with van der Waals surface area (Å²) in [6.07, 6.45) is 0. The second-order valence-electron chi connectivity index (χ2n) is 4.51. The van der Waals surface area contributed by atoms with Crippen LogP contribution in [0, 0.1) is 0 Å². The molecule has 0 saturated heterocycles. The van der Waals surface area contributed by atoms with Crippen molar-refractivity contribution < 1.29 is 9.47 Å². The van der Waals surface area contributed by atoms with Gasteiger partial charge in [0.2, 0.25) is 0 Å². The molecule has 0 aliphatic rings. The van der Waals surface area contributed by atoms with Crippen LogP contribution in [0.2, 0.25) is 0 Å². The highest BCUT2D eigenvalue weighted by Gasteiger charge is 2.08. The molecule has 0 saturated carbocycles. The summed E-state index contributed by atoms with van der Waals surface area (Å²) in [5, 5.41) is 3.34. The Labute approximate surface area is 138 Å². The zero-order chi connectivity index (χ0) is 15.0. The van der Waals surface area contributed by atoms with Gasteiger partial charge in [0.25, 0.3) is 0 Å². The maximum absolute atomic E-state index is 5.56. The summed E-state index contributed by atoms with van der Waals surface area (Å²) in [5.41, 5.74) is 2.23. The number of hydrogen-bond donors (Lipinski definition) is 1. The lowest BCUT2D eigenvalue weighted by molar-refractivity contribution is 0.158. The normalized spacial score (nSPS) is 10.6. The Morgan fingerprint density at radius 1 is 1.30 bits per heavy atom. The lowest BCUT2D eigenvalue weighted by Crippen LogP contribution is -2.19. The molecule has 0 unspecified atom stereocenters. The molecule has 0 bridgehead atoms. The van der Waals surface area contributed by atoms with Crippen molar-refractivity contribution in [3.63, 3.8) is 0 Å². The Balaban J connectivity index is 2.39. The molecular formula is C15H21Br2NO2. The number of nitrogens with one attached hydrogen (secondary N) is 1. The van der Waals surface area contributed by atoms with Crippen molar-refractivity contribution in [2.24, 2.45) is 0 Å². The third-order valence-electron chi connectivity index (χ3n) is 2.45. The quantitative estimate of drug-likeness (QED) is 0.490. The van der Waals surface area contributed by atoms with Gasteiger partial charge in [-0.05, 0) is 63.4 Å². The van der Waals surface area contributed by atoms with Gasteiger partial charge in [-0.2, -0.15) is 0 Å². The second-order valence-corrected chi connectivity index (χ2v) is 6.22. The summed E-state index contributed by atoms with van der Waals surface area (Å²) in [7, 11) is 0. The first-order valence-electron chi connectivity index (χ1n) is 6.58. The SMILES string of the molecule is C=C(C)COCCNCc1cc(Br)c(OCC)c(Br)c1. The molecule has 0 radical (unpaired) electrons. The number of rotatable bonds is 9. The minimum atomic E-state index is 0.627. The zero-order valence-corrected chi connectivity index (χ0v) is 15.1. The standard InChI is InChI=1S/C15H21Br2NO2/c1-4-20-15-13(16)7-12(8-14(15)17)9-18-5-6-19-10-11(2)3/h7-8,18H,2,4-6,9-10H2,1,3H3. The largest absolute Gasteiger partial charge is 0.492 e. The van der Waals surface area contributed by atoms with Crippen molar-refractivity contribution in [2.75, 3.05) is 26.4 Å². The number of benzene rings is 1. The van der Waals surface area contributed by atoms with Gasteiger partial charge in [-0.3, -0.25) is 0 Å². The monoisotopic (exact) mass is 405 g/mol. The van der Waals surface area contributed by atoms with E-state index in [0.717, 1.165) is 33.4 Å². The molecule has 0 aromatic heterocycles. The molecule has 0 spiro atoms. The number of halogens is 2. The van der Waals surface area contributed by atoms with Crippen LogP contribution in [-0.4, -0.2) is 26.4 Å². The lowest BCUT2D eigenvalue weighted by atomic mass is 10.2. The van der Waals surface area contributed by atoms with Crippen LogP contribution in [-0.2, 0) is 11.3 Å². The van der Waals surface area contributed by atoms with E-state index in [2.05, 4.69) is 55.9 Å². The summed E-state index contributed by atoms with van der Waals surface area (Å²) in [4.78, 5) is 0. The molecule has 0 aliphatic heterocycles. The van der Waals surface area contributed by atoms with E-state index < -0.39 is 0 Å². The van der Waals surface area contributed by atoms with Crippen LogP contribution in [0.1, 0.15) is 19.4 Å². The van der Waals surface area contributed by atoms with E-state index in [0.29, 0.717) is 19.8 Å². The van der Waals surface area contributed by atoms with Crippen LogP contribution in [0.15, 0.2) is 33.2 Å². The minimum absolute atomic E-state index is 0.627. The van der Waals surface area contributed by atoms with E-state index in [1.165, 1.54) is 5.56 Å². The summed E-state index contributed by atoms with van der Waals surface area (Å²) < 4.78 is 12.9. The van der Waals surface area contributed by atoms with Gasteiger partial charge in [0.05, 0.1) is 28.8 Å². The van der Waals surface area contributed by atoms with Gasteiger partial charge in [-0.15, -0.1) is 0 Å². The fourth-order valence-electron chi connectivity index (χ4n) is 1.62. The Hall–Kier alpha value is -0.360. The molecule has 20 heavy (non-hydrogen) atoms. The summed E-state index contributed by atoms with van der Waals surface area (Å²) in [6.45, 7) is 11.3. The van der Waals surface area contributed by atoms with Crippen LogP contribution in [0.25, 0.3) is 0 Å². The highest BCUT2D eigenvalue weighted by Crippen LogP contribution is 2.34. The average Bonchev–Trinajstić information content (AvgIpc) is 2.37. The molecule has 0 amide bonds. The molecule has 1 aromatic rings. The van der Waals surface area contributed by atoms with Crippen LogP contribution in [0.3, 0.4) is 0 Å². The Morgan fingerprint density at radius 2 is 1.95 bits per heavy atom. The van der Waals surface area contributed by atoms with E-state index in [-0.39, 0.29) is 0 Å². The first-order chi connectivity index (χ1) is 9.54. The van der Waals surface area contributed by atoms with E-state index in [9.17, 15) is 0 Å². The van der Waals surface area contributed by atoms with E-state index in [1.54, 1.807) is 0 Å². The van der Waals surface area contributed by atoms with Gasteiger partial charge in [-0.25, -0.2) is 0 Å². The van der Waals surface area contributed by atoms with Crippen LogP contribution in [0.5, 0.6) is 5.75 Å². The fraction of sp³-hybridized carbons (Fsp3) is 0.467. The molecule has 1 aromatic carbocycles. The van der Waals surface area contributed by atoms with Crippen LogP contribution >= 0.6 is 31.9 Å². The molecular weight excluding hydrogens is 386 g/mol. The predicted octanol–water partition coefficient (Wildman–Crippen LogP) is 4.29. The van der Waals surface area contributed by atoms with Gasteiger partial charge < -0.3 is 14.8 Å². The van der Waals surface area contributed by atoms with E-state index in [4.69, 9.17) is 9.47 Å². The second kappa shape index (κ2) is 9.55. The van der Waals surface area contributed by atoms with Crippen molar-refractivity contribution in [3.05, 3.63) is 38.8 Å². The summed E-state index contributed by atoms with van der Waals surface area (Å²) >= 11 is 7.06. The number of ether oxygens (including phenoxy) is 2. The highest BCUT2D eigenvalue weighted by atomic mass is 79.9. The maximum Gasteiger partial charge on any atom is 0.147 e. The first kappa shape index (κ1) is 17.7. The van der Waals surface area contributed by atoms with Gasteiger partial charge in [0.1, 0.15) is 5.75 Å². The van der Waals surface area contributed by atoms with Crippen molar-refractivity contribution in [2.45, 2.75) is 20.4 Å². The summed E-state index contributed by atoms with van der Waals surface area (Å²) in [5.74, 6) is 0.848. The van der Waals surface area contributed by atoms with Gasteiger partial charge in [0, 0.05) is 13.1 Å². The molecule has 5 heteroatoms. The van der Waals surface area contributed by atoms with Gasteiger partial charge in [0.15, 0.2) is 0 Å². The van der Waals surface area contributed by atoms with Crippen molar-refractivity contribution >= 4 is 31.9 Å². The van der Waals surface area contributed by atoms with Gasteiger partial charge in [-0.1, -0.05) is 12.2 Å². The zero-order valence-electron chi connectivity index (χ0n) is 12.0. The molecule has 0 aliphatic carbocycles. The molecule has 3 nitrogen and oxygen atoms in total. The van der Waals surface area contributed by atoms with Crippen LogP contribution < -0.4 is 10.1 Å². The van der Waals surface area contributed by atoms with Crippen molar-refractivity contribution in [3.8, 4) is 5.75 Å². The van der Waals surface area contributed by atoms with Crippen molar-refractivity contribution in [1.29, 1.82) is 0 Å². The average molecular weight is 407 g/mol. The van der Waals surface area contributed by atoms with E-state index in [1.807, 2.05) is 13.8 Å². The van der Waals surface area contributed by atoms with Gasteiger partial charge >= 0.3 is 0 Å². The maximum atomic E-state index is 5.56. The third-order valence-corrected chi connectivity index (χ3v) is 3.63. The molecule has 1 N–H and O–H groups in total. The molecule has 1 rings (SSSR count). The third kappa shape index (κ3) is 6.39. The first-order valence-corrected chi connectivity index (χ1v) is 8.16. The fourth-order valence-corrected chi connectivity index (χ4v) is 3.13. The highest BCUT2D eigenvalue weighted by molar-refractivity contribution is 9.11. The number of hydrogen-bond acceptors (Lipinski definition) is 3. The smallest absolute Gasteiger partial charge is 0.147 e. The Kier molecular flexibility index (Phi) is 8.45. The topological polar surface area (TPSA) is 30.5 Å². The van der Waals surface area contributed by atoms with E-state index >= 15 is 0 Å². The summed E-state index contributed by atoms with van der Waals surface area (Å²) in [6, 6.07) is 4.13. The molecule has 0 fully saturated rings. The molecule has 112 valence electrons. The molecule has 0 atom stereocenters. The lowest BCUT2D eigenvalue weighted by Gasteiger charge is -2.11. The molecule has 0 heterocycles. The van der Waals surface area contributed by atoms with Crippen LogP contribution in [0.4, 0.5) is 0 Å². The van der Waals surface area contributed by atoms with Crippen molar-refractivity contribution in [1.82, 2.24) is 5.32 Å².